The number of aliphatic hydroxyl groups excluding tert-OH is 1. The molecule has 4 heterocycles. The average molecular weight is 474 g/mol. The number of fused-ring (bicyclic) bond motifs is 2. The van der Waals surface area contributed by atoms with Crippen LogP contribution in [-0.4, -0.2) is 82.0 Å². The quantitative estimate of drug-likeness (QED) is 0.674. The molecule has 9 heteroatoms. The number of rotatable bonds is 3. The number of thioether (sulfide) groups is 1. The third-order valence-corrected chi connectivity index (χ3v) is 8.84. The molecule has 0 saturated carbocycles. The van der Waals surface area contributed by atoms with Crippen LogP contribution >= 0.6 is 23.4 Å². The molecule has 32 heavy (non-hydrogen) atoms. The van der Waals surface area contributed by atoms with Crippen molar-refractivity contribution < 1.29 is 19.5 Å². The molecule has 2 saturated heterocycles. The number of hydrogen-bond donors (Lipinski definition) is 1. The van der Waals surface area contributed by atoms with Crippen LogP contribution in [0.15, 0.2) is 48.6 Å². The zero-order valence-corrected chi connectivity index (χ0v) is 19.1. The number of aliphatic hydroxyl groups is 1. The number of anilines is 1. The number of β-amino-alcohol motifs (C(OH)–C–C–N with tert-alkyl or cyclic N) is 1. The lowest BCUT2D eigenvalue weighted by Gasteiger charge is -2.35. The van der Waals surface area contributed by atoms with Gasteiger partial charge in [-0.15, -0.1) is 11.8 Å². The standard InChI is InChI=1S/C23H24ClN3O4S/c1-25-10-2-4-16-17(20(25)29)18-21(30)27(12-13-28)19-22(31)26(11-3-9-23(18,19)32-16)15-7-5-14(24)6-8-15/h2-9,16-19,28H,10-13H2,1H3/t16-,17+,18-,19?,23-/m0/s1. The van der Waals surface area contributed by atoms with Crippen LogP contribution in [0.3, 0.4) is 0 Å². The highest BCUT2D eigenvalue weighted by atomic mass is 35.5. The minimum absolute atomic E-state index is 0.0492. The number of likely N-dealkylation sites (N-methyl/N-ethyl adjacent to an activating group) is 1. The highest BCUT2D eigenvalue weighted by Gasteiger charge is 2.70. The molecule has 0 bridgehead atoms. The first kappa shape index (κ1) is 21.6. The second kappa shape index (κ2) is 7.93. The van der Waals surface area contributed by atoms with Crippen LogP contribution in [0.2, 0.25) is 5.02 Å². The van der Waals surface area contributed by atoms with Crippen LogP contribution in [0.1, 0.15) is 0 Å². The molecule has 1 N–H and O–H groups in total. The van der Waals surface area contributed by atoms with Crippen molar-refractivity contribution in [2.45, 2.75) is 16.0 Å². The Hall–Kier alpha value is -2.29. The molecule has 4 aliphatic rings. The smallest absolute Gasteiger partial charge is 0.251 e. The second-order valence-corrected chi connectivity index (χ2v) is 10.5. The molecule has 7 nitrogen and oxygen atoms in total. The molecule has 1 aromatic carbocycles. The summed E-state index contributed by atoms with van der Waals surface area (Å²) in [7, 11) is 1.74. The van der Waals surface area contributed by atoms with Gasteiger partial charge >= 0.3 is 0 Å². The van der Waals surface area contributed by atoms with Crippen molar-refractivity contribution >= 4 is 46.8 Å². The van der Waals surface area contributed by atoms with Gasteiger partial charge in [-0.05, 0) is 24.3 Å². The number of halogens is 1. The summed E-state index contributed by atoms with van der Waals surface area (Å²) in [5.74, 6) is -1.72. The Kier molecular flexibility index (Phi) is 5.34. The van der Waals surface area contributed by atoms with Crippen molar-refractivity contribution in [3.63, 3.8) is 0 Å². The van der Waals surface area contributed by atoms with Gasteiger partial charge in [-0.1, -0.05) is 35.9 Å². The molecule has 0 aliphatic carbocycles. The molecule has 0 aromatic heterocycles. The van der Waals surface area contributed by atoms with Crippen molar-refractivity contribution in [1.29, 1.82) is 0 Å². The highest BCUT2D eigenvalue weighted by Crippen LogP contribution is 2.61. The maximum Gasteiger partial charge on any atom is 0.251 e. The molecule has 3 amide bonds. The van der Waals surface area contributed by atoms with E-state index in [4.69, 9.17) is 11.6 Å². The van der Waals surface area contributed by atoms with Crippen molar-refractivity contribution in [2.75, 3.05) is 38.2 Å². The van der Waals surface area contributed by atoms with Crippen LogP contribution in [-0.2, 0) is 14.4 Å². The van der Waals surface area contributed by atoms with Gasteiger partial charge in [0.05, 0.1) is 23.2 Å². The van der Waals surface area contributed by atoms with E-state index in [1.165, 1.54) is 16.7 Å². The maximum absolute atomic E-state index is 14.0. The van der Waals surface area contributed by atoms with Gasteiger partial charge in [-0.25, -0.2) is 0 Å². The summed E-state index contributed by atoms with van der Waals surface area (Å²) in [4.78, 5) is 45.7. The first-order chi connectivity index (χ1) is 15.4. The molecular weight excluding hydrogens is 450 g/mol. The number of nitrogens with zero attached hydrogens (tertiary/aromatic N) is 3. The van der Waals surface area contributed by atoms with E-state index in [-0.39, 0.29) is 36.1 Å². The van der Waals surface area contributed by atoms with Crippen molar-refractivity contribution in [3.05, 3.63) is 53.6 Å². The first-order valence-electron chi connectivity index (χ1n) is 10.6. The normalized spacial score (nSPS) is 33.8. The summed E-state index contributed by atoms with van der Waals surface area (Å²) in [5.41, 5.74) is 0.689. The lowest BCUT2D eigenvalue weighted by Crippen LogP contribution is -2.53. The SMILES string of the molecule is CN1CC=C[C@@H]2S[C@]34C=CCN(c5ccc(Cl)cc5)C(=O)C3N(CCO)C(=O)[C@@H]4[C@@H]2C1=O. The van der Waals surface area contributed by atoms with E-state index in [9.17, 15) is 19.5 Å². The molecule has 1 aromatic rings. The van der Waals surface area contributed by atoms with E-state index >= 15 is 0 Å². The third-order valence-electron chi connectivity index (χ3n) is 6.84. The fourth-order valence-corrected chi connectivity index (χ4v) is 7.60. The van der Waals surface area contributed by atoms with Gasteiger partial charge in [-0.3, -0.25) is 14.4 Å². The largest absolute Gasteiger partial charge is 0.395 e. The Morgan fingerprint density at radius 3 is 2.56 bits per heavy atom. The molecule has 1 spiro atoms. The molecule has 4 aliphatic heterocycles. The summed E-state index contributed by atoms with van der Waals surface area (Å²) < 4.78 is -0.863. The molecular formula is C23H24ClN3O4S. The number of carbonyl (C=O) groups excluding carboxylic acids is 3. The highest BCUT2D eigenvalue weighted by molar-refractivity contribution is 8.02. The Morgan fingerprint density at radius 1 is 1.09 bits per heavy atom. The van der Waals surface area contributed by atoms with Crippen LogP contribution in [0, 0.1) is 11.8 Å². The van der Waals surface area contributed by atoms with Gasteiger partial charge in [0.15, 0.2) is 0 Å². The van der Waals surface area contributed by atoms with Crippen molar-refractivity contribution in [2.24, 2.45) is 11.8 Å². The van der Waals surface area contributed by atoms with Gasteiger partial charge < -0.3 is 19.8 Å². The molecule has 1 unspecified atom stereocenters. The van der Waals surface area contributed by atoms with Crippen molar-refractivity contribution in [3.8, 4) is 0 Å². The van der Waals surface area contributed by atoms with Gasteiger partial charge in [0.2, 0.25) is 11.8 Å². The topological polar surface area (TPSA) is 81.2 Å². The van der Waals surface area contributed by atoms with Gasteiger partial charge in [0.25, 0.3) is 5.91 Å². The van der Waals surface area contributed by atoms with E-state index in [1.54, 1.807) is 41.1 Å². The molecule has 2 fully saturated rings. The molecule has 5 atom stereocenters. The minimum Gasteiger partial charge on any atom is -0.395 e. The van der Waals surface area contributed by atoms with Crippen molar-refractivity contribution in [1.82, 2.24) is 9.80 Å². The van der Waals surface area contributed by atoms with Crippen LogP contribution < -0.4 is 4.90 Å². The summed E-state index contributed by atoms with van der Waals surface area (Å²) >= 11 is 7.56. The fraction of sp³-hybridized carbons (Fsp3) is 0.435. The first-order valence-corrected chi connectivity index (χ1v) is 11.9. The maximum atomic E-state index is 14.0. The summed E-state index contributed by atoms with van der Waals surface area (Å²) in [6.45, 7) is 0.651. The predicted octanol–water partition coefficient (Wildman–Crippen LogP) is 1.56. The lowest BCUT2D eigenvalue weighted by atomic mass is 9.78. The van der Waals surface area contributed by atoms with E-state index in [0.29, 0.717) is 23.8 Å². The Bertz CT molecular complexity index is 1030. The van der Waals surface area contributed by atoms with Crippen LogP contribution in [0.25, 0.3) is 0 Å². The van der Waals surface area contributed by atoms with E-state index in [1.807, 2.05) is 24.3 Å². The van der Waals surface area contributed by atoms with Crippen LogP contribution in [0.5, 0.6) is 0 Å². The Balaban J connectivity index is 1.61. The minimum atomic E-state index is -0.863. The number of likely N-dealkylation sites (tertiary alicyclic amines) is 1. The number of amides is 3. The van der Waals surface area contributed by atoms with E-state index in [0.717, 1.165) is 0 Å². The molecule has 168 valence electrons. The number of carbonyl (C=O) groups is 3. The van der Waals surface area contributed by atoms with E-state index in [2.05, 4.69) is 0 Å². The second-order valence-electron chi connectivity index (χ2n) is 8.57. The summed E-state index contributed by atoms with van der Waals surface area (Å²) in [6, 6.07) is 6.21. The zero-order valence-electron chi connectivity index (χ0n) is 17.6. The Morgan fingerprint density at radius 2 is 1.84 bits per heavy atom. The van der Waals surface area contributed by atoms with E-state index < -0.39 is 22.6 Å². The monoisotopic (exact) mass is 473 g/mol. The average Bonchev–Trinajstić information content (AvgIpc) is 3.09. The number of benzene rings is 1. The molecule has 5 rings (SSSR count). The fourth-order valence-electron chi connectivity index (χ4n) is 5.46. The zero-order chi connectivity index (χ0) is 22.6. The lowest BCUT2D eigenvalue weighted by molar-refractivity contribution is -0.142. The predicted molar refractivity (Wildman–Crippen MR) is 123 cm³/mol. The third kappa shape index (κ3) is 3.03. The summed E-state index contributed by atoms with van der Waals surface area (Å²) in [5, 5.41) is 10.1. The van der Waals surface area contributed by atoms with Gasteiger partial charge in [-0.2, -0.15) is 0 Å². The van der Waals surface area contributed by atoms with Crippen LogP contribution in [0.4, 0.5) is 5.69 Å². The van der Waals surface area contributed by atoms with Gasteiger partial charge in [0.1, 0.15) is 6.04 Å². The van der Waals surface area contributed by atoms with Gasteiger partial charge in [0, 0.05) is 42.6 Å². The molecule has 0 radical (unpaired) electrons. The number of hydrogen-bond acceptors (Lipinski definition) is 5. The summed E-state index contributed by atoms with van der Waals surface area (Å²) in [6.07, 6.45) is 7.85. The Labute approximate surface area is 195 Å².